The molecule has 0 fully saturated rings. The van der Waals surface area contributed by atoms with Gasteiger partial charge in [0.05, 0.1) is 0 Å². The fraction of sp³-hybridized carbons (Fsp3) is 0.404. The zero-order chi connectivity index (χ0) is 35.2. The van der Waals surface area contributed by atoms with Crippen molar-refractivity contribution in [2.45, 2.75) is 114 Å². The van der Waals surface area contributed by atoms with E-state index < -0.39 is 22.6 Å². The van der Waals surface area contributed by atoms with Crippen LogP contribution in [-0.4, -0.2) is 5.49 Å². The average molecular weight is 832 g/mol. The summed E-state index contributed by atoms with van der Waals surface area (Å²) in [5, 5.41) is 0. The van der Waals surface area contributed by atoms with Crippen molar-refractivity contribution >= 4 is 17.6 Å². The summed E-state index contributed by atoms with van der Waals surface area (Å²) in [6.45, 7) is 19.0. The van der Waals surface area contributed by atoms with Gasteiger partial charge in [-0.1, -0.05) is 0 Å². The van der Waals surface area contributed by atoms with Gasteiger partial charge in [-0.15, -0.1) is 0 Å². The van der Waals surface area contributed by atoms with Crippen molar-refractivity contribution in [3.63, 3.8) is 0 Å². The number of allylic oxidation sites excluding steroid dienone is 2. The monoisotopic (exact) mass is 832 g/mol. The van der Waals surface area contributed by atoms with Gasteiger partial charge in [-0.05, 0) is 0 Å². The summed E-state index contributed by atoms with van der Waals surface area (Å²) >= 11 is -3.89. The van der Waals surface area contributed by atoms with Gasteiger partial charge in [-0.25, -0.2) is 0 Å². The number of fused-ring (bicyclic) bond motifs is 2. The Balaban J connectivity index is 1.50. The van der Waals surface area contributed by atoms with Crippen LogP contribution in [0.15, 0.2) is 97.1 Å². The van der Waals surface area contributed by atoms with E-state index in [-0.39, 0.29) is 10.8 Å². The Kier molecular flexibility index (Phi) is 10.0. The maximum atomic E-state index is 2.90. The molecule has 4 aromatic carbocycles. The number of unbranched alkanes of at least 4 members (excludes halogenated alkanes) is 3. The molecule has 0 amide bonds. The molecule has 0 spiro atoms. The van der Waals surface area contributed by atoms with Crippen molar-refractivity contribution in [2.75, 3.05) is 0 Å². The van der Waals surface area contributed by atoms with E-state index in [1.165, 1.54) is 76.2 Å². The van der Waals surface area contributed by atoms with Gasteiger partial charge in [0.2, 0.25) is 0 Å². The van der Waals surface area contributed by atoms with E-state index in [2.05, 4.69) is 174 Å². The summed E-state index contributed by atoms with van der Waals surface area (Å²) in [6.07, 6.45) is 15.9. The van der Waals surface area contributed by atoms with Crippen LogP contribution in [0, 0.1) is 0 Å². The van der Waals surface area contributed by atoms with Crippen LogP contribution >= 0.6 is 0 Å². The van der Waals surface area contributed by atoms with Crippen LogP contribution in [0.2, 0.25) is 22.0 Å². The molecule has 2 heteroatoms. The molecule has 6 rings (SSSR count). The standard InChI is InChI=1S/2C19H19.C7H16Si.2CH3.Hf/c2*1-19(2,3)16-10-4-9-15(13-16)18-12-6-8-14-7-5-11-17(14)18;1-3-4-5-6-7-8-2;;;/h2*4-13H,1-3H3;3-7H2,1-2H3;2*1H3;. The molecule has 0 N–H and O–H groups in total. The van der Waals surface area contributed by atoms with Gasteiger partial charge in [-0.2, -0.15) is 0 Å². The molecule has 0 radical (unpaired) electrons. The van der Waals surface area contributed by atoms with Crippen LogP contribution in [0.5, 0.6) is 0 Å². The van der Waals surface area contributed by atoms with Crippen molar-refractivity contribution in [3.05, 3.63) is 130 Å². The molecule has 0 saturated heterocycles. The van der Waals surface area contributed by atoms with Crippen molar-refractivity contribution in [1.29, 1.82) is 0 Å². The van der Waals surface area contributed by atoms with Crippen molar-refractivity contribution in [1.82, 2.24) is 0 Å². The zero-order valence-corrected chi connectivity index (χ0v) is 36.7. The molecule has 2 unspecified atom stereocenters. The first-order chi connectivity index (χ1) is 23.1. The average Bonchev–Trinajstić information content (AvgIpc) is 3.72. The first-order valence-corrected chi connectivity index (χ1v) is 37.9. The molecule has 2 aliphatic carbocycles. The molecule has 256 valence electrons. The third-order valence-electron chi connectivity index (χ3n) is 12.6. The SMILES string of the molecule is CCCCCC[Si](C)=[Hf]([CH3])([CH3])([CH]1C=Cc2c(-c3cccc(C(C)(C)C)c3)cccc21)[CH]1C=Cc2c(-c3cccc(C(C)(C)C)c3)cccc21. The van der Waals surface area contributed by atoms with Crippen LogP contribution in [0.1, 0.15) is 115 Å². The van der Waals surface area contributed by atoms with Crippen molar-refractivity contribution in [2.24, 2.45) is 0 Å². The summed E-state index contributed by atoms with van der Waals surface area (Å²) < 4.78 is 6.91. The van der Waals surface area contributed by atoms with E-state index in [1.54, 1.807) is 11.1 Å². The maximum absolute atomic E-state index is 3.89. The second-order valence-electron chi connectivity index (χ2n) is 18.2. The number of rotatable bonds is 9. The Labute approximate surface area is 299 Å². The van der Waals surface area contributed by atoms with Crippen molar-refractivity contribution < 1.29 is 17.1 Å². The first kappa shape index (κ1) is 36.2. The second kappa shape index (κ2) is 13.5. The fourth-order valence-corrected chi connectivity index (χ4v) is 52.6. The van der Waals surface area contributed by atoms with E-state index >= 15 is 0 Å². The Hall–Kier alpha value is -2.55. The molecule has 0 aromatic heterocycles. The molecular formula is C47H60HfSi. The minimum atomic E-state index is -3.89. The van der Waals surface area contributed by atoms with Gasteiger partial charge >= 0.3 is 302 Å². The summed E-state index contributed by atoms with van der Waals surface area (Å²) in [4.78, 5) is 0. The van der Waals surface area contributed by atoms with E-state index in [9.17, 15) is 0 Å². The van der Waals surface area contributed by atoms with E-state index in [0.29, 0.717) is 7.35 Å². The Bertz CT molecular complexity index is 1870. The van der Waals surface area contributed by atoms with Gasteiger partial charge in [0.1, 0.15) is 0 Å². The van der Waals surface area contributed by atoms with Crippen molar-refractivity contribution in [3.8, 4) is 22.3 Å². The Morgan fingerprint density at radius 1 is 0.592 bits per heavy atom. The third kappa shape index (κ3) is 6.67. The Morgan fingerprint density at radius 2 is 1.04 bits per heavy atom. The van der Waals surface area contributed by atoms with E-state index in [4.69, 9.17) is 0 Å². The van der Waals surface area contributed by atoms with Crippen LogP contribution in [-0.2, 0) is 28.0 Å². The first-order valence-electron chi connectivity index (χ1n) is 19.0. The molecule has 0 aliphatic heterocycles. The minimum absolute atomic E-state index is 0.127. The number of hydrogen-bond acceptors (Lipinski definition) is 0. The molecule has 0 heterocycles. The summed E-state index contributed by atoms with van der Waals surface area (Å²) in [7, 11) is 0. The summed E-state index contributed by atoms with van der Waals surface area (Å²) in [5.74, 6) is 0. The molecule has 0 bridgehead atoms. The molecule has 0 nitrogen and oxygen atoms in total. The van der Waals surface area contributed by atoms with Gasteiger partial charge < -0.3 is 0 Å². The zero-order valence-electron chi connectivity index (χ0n) is 32.1. The second-order valence-corrected chi connectivity index (χ2v) is 65.5. The molecule has 4 aromatic rings. The number of hydrogen-bond donors (Lipinski definition) is 0. The van der Waals surface area contributed by atoms with Gasteiger partial charge in [0.15, 0.2) is 0 Å². The predicted molar refractivity (Wildman–Crippen MR) is 217 cm³/mol. The normalized spacial score (nSPS) is 17.4. The molecule has 2 atom stereocenters. The molecule has 0 saturated carbocycles. The predicted octanol–water partition coefficient (Wildman–Crippen LogP) is 14.4. The molecule has 2 aliphatic rings. The van der Waals surface area contributed by atoms with E-state index in [0.717, 1.165) is 0 Å². The topological polar surface area (TPSA) is 0 Å². The third-order valence-corrected chi connectivity index (χ3v) is 70.6. The van der Waals surface area contributed by atoms with Crippen LogP contribution in [0.25, 0.3) is 34.4 Å². The van der Waals surface area contributed by atoms with Crippen LogP contribution in [0.3, 0.4) is 0 Å². The fourth-order valence-electron chi connectivity index (χ4n) is 8.97. The molecule has 49 heavy (non-hydrogen) atoms. The van der Waals surface area contributed by atoms with Gasteiger partial charge in [0, 0.05) is 0 Å². The van der Waals surface area contributed by atoms with Gasteiger partial charge in [-0.3, -0.25) is 0 Å². The summed E-state index contributed by atoms with van der Waals surface area (Å²) in [5.41, 5.74) is 14.1. The summed E-state index contributed by atoms with van der Waals surface area (Å²) in [6, 6.07) is 34.5. The van der Waals surface area contributed by atoms with E-state index in [1.807, 2.05) is 0 Å². The molecular weight excluding hydrogens is 771 g/mol. The Morgan fingerprint density at radius 3 is 1.47 bits per heavy atom. The quantitative estimate of drug-likeness (QED) is 0.116. The van der Waals surface area contributed by atoms with Crippen LogP contribution < -0.4 is 0 Å². The number of benzene rings is 4. The van der Waals surface area contributed by atoms with Crippen LogP contribution in [0.4, 0.5) is 0 Å². The van der Waals surface area contributed by atoms with Gasteiger partial charge in [0.25, 0.3) is 0 Å².